The van der Waals surface area contributed by atoms with Crippen molar-refractivity contribution in [3.8, 4) is 5.19 Å². The number of thiazole rings is 1. The van der Waals surface area contributed by atoms with E-state index in [0.717, 1.165) is 6.42 Å². The van der Waals surface area contributed by atoms with Crippen LogP contribution in [0.1, 0.15) is 16.9 Å². The van der Waals surface area contributed by atoms with Gasteiger partial charge >= 0.3 is 0 Å². The summed E-state index contributed by atoms with van der Waals surface area (Å²) in [5, 5.41) is 4.66. The molecule has 0 atom stereocenters. The quantitative estimate of drug-likeness (QED) is 0.853. The number of nitrogens with zero attached hydrogens (tertiary/aromatic N) is 2. The highest BCUT2D eigenvalue weighted by Gasteiger charge is 2.32. The van der Waals surface area contributed by atoms with Crippen molar-refractivity contribution in [3.05, 3.63) is 33.5 Å². The lowest BCUT2D eigenvalue weighted by Gasteiger charge is -2.38. The molecule has 1 aliphatic rings. The molecule has 2 aromatic heterocycles. The third-order valence-electron chi connectivity index (χ3n) is 3.41. The Bertz CT molecular complexity index is 574. The number of likely N-dealkylation sites (tertiary alicyclic amines) is 1. The zero-order valence-corrected chi connectivity index (χ0v) is 12.9. The van der Waals surface area contributed by atoms with E-state index in [9.17, 15) is 4.79 Å². The first kappa shape index (κ1) is 13.6. The number of hydrogen-bond acceptors (Lipinski definition) is 5. The monoisotopic (exact) mass is 308 g/mol. The molecule has 20 heavy (non-hydrogen) atoms. The van der Waals surface area contributed by atoms with Crippen molar-refractivity contribution in [2.45, 2.75) is 25.9 Å². The minimum Gasteiger partial charge on any atom is -0.463 e. The Kier molecular flexibility index (Phi) is 4.03. The lowest BCUT2D eigenvalue weighted by molar-refractivity contribution is -0.139. The van der Waals surface area contributed by atoms with Crippen LogP contribution in [0.25, 0.3) is 0 Å². The fourth-order valence-corrected chi connectivity index (χ4v) is 3.63. The van der Waals surface area contributed by atoms with Gasteiger partial charge in [-0.3, -0.25) is 4.79 Å². The van der Waals surface area contributed by atoms with Gasteiger partial charge in [0.25, 0.3) is 5.19 Å². The number of aromatic nitrogens is 1. The van der Waals surface area contributed by atoms with Crippen LogP contribution < -0.4 is 4.74 Å². The number of amides is 1. The van der Waals surface area contributed by atoms with Crippen LogP contribution in [0.2, 0.25) is 0 Å². The van der Waals surface area contributed by atoms with E-state index in [4.69, 9.17) is 4.74 Å². The molecule has 1 amide bonds. The van der Waals surface area contributed by atoms with Gasteiger partial charge in [0.05, 0.1) is 13.1 Å². The first-order valence-corrected chi connectivity index (χ1v) is 8.35. The van der Waals surface area contributed by atoms with Gasteiger partial charge in [0.15, 0.2) is 0 Å². The van der Waals surface area contributed by atoms with Crippen LogP contribution in [0.3, 0.4) is 0 Å². The number of aryl methyl sites for hydroxylation is 2. The maximum Gasteiger partial charge on any atom is 0.273 e. The Hall–Kier alpha value is -1.40. The van der Waals surface area contributed by atoms with Crippen molar-refractivity contribution in [1.82, 2.24) is 9.88 Å². The Morgan fingerprint density at radius 2 is 2.30 bits per heavy atom. The molecule has 0 aliphatic carbocycles. The molecular formula is C14H16N2O2S2. The molecule has 4 nitrogen and oxygen atoms in total. The average Bonchev–Trinajstić information content (AvgIpc) is 3.02. The number of carbonyl (C=O) groups is 1. The first-order valence-electron chi connectivity index (χ1n) is 6.59. The predicted molar refractivity (Wildman–Crippen MR) is 80.5 cm³/mol. The molecule has 1 saturated heterocycles. The summed E-state index contributed by atoms with van der Waals surface area (Å²) in [5.74, 6) is 0.219. The van der Waals surface area contributed by atoms with Crippen LogP contribution in [0.15, 0.2) is 23.0 Å². The summed E-state index contributed by atoms with van der Waals surface area (Å²) in [5.41, 5.74) is 1.29. The first-order chi connectivity index (χ1) is 9.72. The van der Waals surface area contributed by atoms with E-state index in [1.54, 1.807) is 17.5 Å². The molecule has 106 valence electrons. The van der Waals surface area contributed by atoms with E-state index >= 15 is 0 Å². The second kappa shape index (κ2) is 5.93. The molecular weight excluding hydrogens is 292 g/mol. The Balaban J connectivity index is 1.41. The molecule has 2 aromatic rings. The number of hydrogen-bond donors (Lipinski definition) is 0. The van der Waals surface area contributed by atoms with Gasteiger partial charge in [0, 0.05) is 22.9 Å². The van der Waals surface area contributed by atoms with Gasteiger partial charge in [-0.25, -0.2) is 4.98 Å². The lowest BCUT2D eigenvalue weighted by atomic mass is 10.1. The molecule has 0 N–H and O–H groups in total. The van der Waals surface area contributed by atoms with Gasteiger partial charge in [0.1, 0.15) is 6.10 Å². The van der Waals surface area contributed by atoms with Crippen molar-refractivity contribution >= 4 is 28.6 Å². The summed E-state index contributed by atoms with van der Waals surface area (Å²) in [6.45, 7) is 3.46. The van der Waals surface area contributed by atoms with E-state index in [1.165, 1.54) is 21.8 Å². The maximum atomic E-state index is 12.0. The fraction of sp³-hybridized carbons (Fsp3) is 0.429. The van der Waals surface area contributed by atoms with Crippen molar-refractivity contribution in [2.75, 3.05) is 13.1 Å². The summed E-state index contributed by atoms with van der Waals surface area (Å²) < 4.78 is 5.66. The van der Waals surface area contributed by atoms with Gasteiger partial charge < -0.3 is 9.64 Å². The Morgan fingerprint density at radius 3 is 2.95 bits per heavy atom. The SMILES string of the molecule is Cc1ccsc1CCC(=O)N1CC(Oc2nccs2)C1. The highest BCUT2D eigenvalue weighted by atomic mass is 32.1. The number of thiophene rings is 1. The second-order valence-electron chi connectivity index (χ2n) is 4.86. The number of ether oxygens (including phenoxy) is 1. The van der Waals surface area contributed by atoms with Crippen LogP contribution >= 0.6 is 22.7 Å². The van der Waals surface area contributed by atoms with E-state index < -0.39 is 0 Å². The van der Waals surface area contributed by atoms with Crippen LogP contribution in [0.5, 0.6) is 5.19 Å². The molecule has 6 heteroatoms. The molecule has 0 aromatic carbocycles. The zero-order valence-electron chi connectivity index (χ0n) is 11.2. The minimum atomic E-state index is 0.105. The smallest absolute Gasteiger partial charge is 0.273 e. The maximum absolute atomic E-state index is 12.0. The van der Waals surface area contributed by atoms with Gasteiger partial charge in [-0.2, -0.15) is 0 Å². The molecule has 0 radical (unpaired) electrons. The molecule has 0 spiro atoms. The number of carbonyl (C=O) groups excluding carboxylic acids is 1. The van der Waals surface area contributed by atoms with Crippen molar-refractivity contribution < 1.29 is 9.53 Å². The van der Waals surface area contributed by atoms with E-state index in [-0.39, 0.29) is 12.0 Å². The predicted octanol–water partition coefficient (Wildman–Crippen LogP) is 2.74. The highest BCUT2D eigenvalue weighted by Crippen LogP contribution is 2.22. The van der Waals surface area contributed by atoms with E-state index in [2.05, 4.69) is 23.4 Å². The lowest BCUT2D eigenvalue weighted by Crippen LogP contribution is -2.56. The van der Waals surface area contributed by atoms with Crippen LogP contribution in [-0.4, -0.2) is 35.0 Å². The summed E-state index contributed by atoms with van der Waals surface area (Å²) in [6.07, 6.45) is 3.26. The van der Waals surface area contributed by atoms with E-state index in [0.29, 0.717) is 24.7 Å². The highest BCUT2D eigenvalue weighted by molar-refractivity contribution is 7.11. The van der Waals surface area contributed by atoms with Gasteiger partial charge in [0.2, 0.25) is 5.91 Å². The van der Waals surface area contributed by atoms with Gasteiger partial charge in [-0.1, -0.05) is 11.3 Å². The molecule has 1 aliphatic heterocycles. The molecule has 0 saturated carbocycles. The molecule has 0 unspecified atom stereocenters. The summed E-state index contributed by atoms with van der Waals surface area (Å²) in [7, 11) is 0. The van der Waals surface area contributed by atoms with Crippen LogP contribution in [0.4, 0.5) is 0 Å². The largest absolute Gasteiger partial charge is 0.463 e. The standard InChI is InChI=1S/C14H16N2O2S2/c1-10-4-6-19-12(10)2-3-13(17)16-8-11(9-16)18-14-15-5-7-20-14/h4-7,11H,2-3,8-9H2,1H3. The Labute approximate surface area is 126 Å². The third kappa shape index (κ3) is 3.02. The zero-order chi connectivity index (χ0) is 13.9. The summed E-state index contributed by atoms with van der Waals surface area (Å²) >= 11 is 3.21. The second-order valence-corrected chi connectivity index (χ2v) is 6.72. The molecule has 3 heterocycles. The normalized spacial score (nSPS) is 15.2. The summed E-state index contributed by atoms with van der Waals surface area (Å²) in [4.78, 5) is 19.3. The average molecular weight is 308 g/mol. The van der Waals surface area contributed by atoms with Crippen molar-refractivity contribution in [2.24, 2.45) is 0 Å². The van der Waals surface area contributed by atoms with Gasteiger partial charge in [-0.05, 0) is 30.4 Å². The Morgan fingerprint density at radius 1 is 1.45 bits per heavy atom. The fourth-order valence-electron chi connectivity index (χ4n) is 2.17. The van der Waals surface area contributed by atoms with E-state index in [1.807, 2.05) is 10.3 Å². The van der Waals surface area contributed by atoms with Crippen molar-refractivity contribution in [1.29, 1.82) is 0 Å². The molecule has 0 bridgehead atoms. The topological polar surface area (TPSA) is 42.4 Å². The summed E-state index contributed by atoms with van der Waals surface area (Å²) in [6, 6.07) is 2.10. The van der Waals surface area contributed by atoms with Gasteiger partial charge in [-0.15, -0.1) is 11.3 Å². The van der Waals surface area contributed by atoms with Crippen LogP contribution in [-0.2, 0) is 11.2 Å². The minimum absolute atomic E-state index is 0.105. The number of rotatable bonds is 5. The third-order valence-corrected chi connectivity index (χ3v) is 5.16. The van der Waals surface area contributed by atoms with Crippen LogP contribution in [0, 0.1) is 6.92 Å². The molecule has 1 fully saturated rings. The van der Waals surface area contributed by atoms with Crippen molar-refractivity contribution in [3.63, 3.8) is 0 Å². The molecule has 3 rings (SSSR count).